The Bertz CT molecular complexity index is 520. The highest BCUT2D eigenvalue weighted by Gasteiger charge is 2.20. The van der Waals surface area contributed by atoms with E-state index < -0.39 is 5.60 Å². The van der Waals surface area contributed by atoms with E-state index >= 15 is 0 Å². The highest BCUT2D eigenvalue weighted by molar-refractivity contribution is 5.10. The van der Waals surface area contributed by atoms with Gasteiger partial charge >= 0.3 is 0 Å². The number of aliphatic hydroxyl groups is 1. The molecule has 0 aliphatic heterocycles. The summed E-state index contributed by atoms with van der Waals surface area (Å²) in [7, 11) is 1.90. The molecule has 0 radical (unpaired) electrons. The topological polar surface area (TPSA) is 68.8 Å². The van der Waals surface area contributed by atoms with Crippen molar-refractivity contribution in [1.29, 1.82) is 0 Å². The van der Waals surface area contributed by atoms with Crippen LogP contribution in [0, 0.1) is 6.92 Å². The average Bonchev–Trinajstić information content (AvgIpc) is 2.74. The van der Waals surface area contributed by atoms with Crippen molar-refractivity contribution < 1.29 is 5.11 Å². The van der Waals surface area contributed by atoms with E-state index in [2.05, 4.69) is 15.4 Å². The molecule has 0 aliphatic carbocycles. The normalized spacial score (nSPS) is 12.1. The third kappa shape index (κ3) is 2.52. The minimum Gasteiger partial charge on any atom is -0.384 e. The molecule has 17 heavy (non-hydrogen) atoms. The number of hydrogen-bond donors (Lipinski definition) is 1. The van der Waals surface area contributed by atoms with Gasteiger partial charge in [-0.1, -0.05) is 5.21 Å². The largest absolute Gasteiger partial charge is 0.384 e. The molecule has 0 saturated heterocycles. The van der Waals surface area contributed by atoms with Crippen LogP contribution in [0.4, 0.5) is 0 Å². The lowest BCUT2D eigenvalue weighted by molar-refractivity contribution is 0.0737. The molecule has 0 amide bonds. The zero-order valence-electron chi connectivity index (χ0n) is 10.5. The van der Waals surface area contributed by atoms with E-state index in [9.17, 15) is 5.11 Å². The molecule has 0 aliphatic rings. The highest BCUT2D eigenvalue weighted by atomic mass is 16.3. The highest BCUT2D eigenvalue weighted by Crippen LogP contribution is 2.16. The second-order valence-corrected chi connectivity index (χ2v) is 4.76. The minimum absolute atomic E-state index is 0.566. The molecule has 92 valence electrons. The monoisotopic (exact) mass is 235 g/mol. The molecule has 0 fully saturated rings. The van der Waals surface area contributed by atoms with Gasteiger partial charge in [0.25, 0.3) is 0 Å². The minimum atomic E-state index is -0.958. The summed E-state index contributed by atoms with van der Waals surface area (Å²) in [5.74, 6) is 0. The van der Waals surface area contributed by atoms with Crippen LogP contribution in [-0.2, 0) is 19.2 Å². The van der Waals surface area contributed by atoms with Crippen LogP contribution in [0.5, 0.6) is 0 Å². The van der Waals surface area contributed by atoms with Gasteiger partial charge in [-0.05, 0) is 26.8 Å². The standard InChI is InChI=1S/C11H17N5O/c1-8-5-9(15(4)13-8)6-16-7-10(12-14-16)11(2,3)17/h5,7,17H,6H2,1-4H3. The van der Waals surface area contributed by atoms with Crippen LogP contribution >= 0.6 is 0 Å². The fraction of sp³-hybridized carbons (Fsp3) is 0.545. The fourth-order valence-electron chi connectivity index (χ4n) is 1.63. The average molecular weight is 235 g/mol. The van der Waals surface area contributed by atoms with Crippen molar-refractivity contribution in [3.05, 3.63) is 29.3 Å². The van der Waals surface area contributed by atoms with Crippen LogP contribution in [0.15, 0.2) is 12.3 Å². The van der Waals surface area contributed by atoms with Crippen molar-refractivity contribution in [3.8, 4) is 0 Å². The maximum absolute atomic E-state index is 9.79. The summed E-state index contributed by atoms with van der Waals surface area (Å²) in [6.07, 6.45) is 1.75. The predicted molar refractivity (Wildman–Crippen MR) is 62.3 cm³/mol. The van der Waals surface area contributed by atoms with Crippen LogP contribution in [0.25, 0.3) is 0 Å². The maximum Gasteiger partial charge on any atom is 0.114 e. The summed E-state index contributed by atoms with van der Waals surface area (Å²) >= 11 is 0. The van der Waals surface area contributed by atoms with Crippen LogP contribution in [0.1, 0.15) is 30.9 Å². The zero-order valence-corrected chi connectivity index (χ0v) is 10.5. The van der Waals surface area contributed by atoms with Gasteiger partial charge in [0.05, 0.1) is 24.1 Å². The Morgan fingerprint density at radius 3 is 2.59 bits per heavy atom. The lowest BCUT2D eigenvalue weighted by Crippen LogP contribution is -2.15. The number of hydrogen-bond acceptors (Lipinski definition) is 4. The van der Waals surface area contributed by atoms with Crippen molar-refractivity contribution >= 4 is 0 Å². The number of aryl methyl sites for hydroxylation is 2. The summed E-state index contributed by atoms with van der Waals surface area (Å²) in [6.45, 7) is 5.93. The molecular formula is C11H17N5O. The Morgan fingerprint density at radius 1 is 1.41 bits per heavy atom. The van der Waals surface area contributed by atoms with Gasteiger partial charge in [-0.15, -0.1) is 5.10 Å². The third-order valence-corrected chi connectivity index (χ3v) is 2.59. The summed E-state index contributed by atoms with van der Waals surface area (Å²) in [5, 5.41) is 22.0. The number of nitrogens with zero attached hydrogens (tertiary/aromatic N) is 5. The molecule has 2 heterocycles. The van der Waals surface area contributed by atoms with E-state index in [1.54, 1.807) is 24.7 Å². The predicted octanol–water partition coefficient (Wildman–Crippen LogP) is 0.596. The smallest absolute Gasteiger partial charge is 0.114 e. The second-order valence-electron chi connectivity index (χ2n) is 4.76. The van der Waals surface area contributed by atoms with E-state index in [1.165, 1.54) is 0 Å². The first kappa shape index (κ1) is 11.8. The second kappa shape index (κ2) is 3.96. The third-order valence-electron chi connectivity index (χ3n) is 2.59. The molecule has 6 nitrogen and oxygen atoms in total. The Labute approximate surface area is 99.9 Å². The SMILES string of the molecule is Cc1cc(Cn2cc(C(C)(C)O)nn2)n(C)n1. The lowest BCUT2D eigenvalue weighted by atomic mass is 10.1. The molecule has 2 aromatic heterocycles. The molecule has 6 heteroatoms. The van der Waals surface area contributed by atoms with Crippen LogP contribution in [-0.4, -0.2) is 29.9 Å². The van der Waals surface area contributed by atoms with Crippen molar-refractivity contribution in [1.82, 2.24) is 24.8 Å². The quantitative estimate of drug-likeness (QED) is 0.845. The fourth-order valence-corrected chi connectivity index (χ4v) is 1.63. The van der Waals surface area contributed by atoms with Gasteiger partial charge in [-0.2, -0.15) is 5.10 Å². The zero-order chi connectivity index (χ0) is 12.6. The molecule has 0 bridgehead atoms. The van der Waals surface area contributed by atoms with Gasteiger partial charge in [0.1, 0.15) is 11.3 Å². The first-order valence-corrected chi connectivity index (χ1v) is 5.49. The molecule has 1 N–H and O–H groups in total. The summed E-state index contributed by atoms with van der Waals surface area (Å²) in [4.78, 5) is 0. The number of rotatable bonds is 3. The molecule has 0 atom stereocenters. The van der Waals surface area contributed by atoms with Gasteiger partial charge in [-0.25, -0.2) is 4.68 Å². The summed E-state index contributed by atoms with van der Waals surface area (Å²) in [5.41, 5.74) is 1.64. The van der Waals surface area contributed by atoms with Crippen molar-refractivity contribution in [2.75, 3.05) is 0 Å². The molecule has 0 saturated carbocycles. The van der Waals surface area contributed by atoms with Crippen molar-refractivity contribution in [2.45, 2.75) is 32.9 Å². The molecule has 2 aromatic rings. The van der Waals surface area contributed by atoms with Crippen LogP contribution in [0.2, 0.25) is 0 Å². The first-order chi connectivity index (χ1) is 7.86. The maximum atomic E-state index is 9.79. The first-order valence-electron chi connectivity index (χ1n) is 5.49. The van der Waals surface area contributed by atoms with E-state index in [0.29, 0.717) is 12.2 Å². The molecular weight excluding hydrogens is 218 g/mol. The van der Waals surface area contributed by atoms with Gasteiger partial charge in [0.2, 0.25) is 0 Å². The van der Waals surface area contributed by atoms with Gasteiger partial charge in [0, 0.05) is 7.05 Å². The summed E-state index contributed by atoms with van der Waals surface area (Å²) < 4.78 is 3.52. The van der Waals surface area contributed by atoms with E-state index in [0.717, 1.165) is 11.4 Å². The molecule has 0 aromatic carbocycles. The Kier molecular flexibility index (Phi) is 2.74. The van der Waals surface area contributed by atoms with E-state index in [1.807, 2.05) is 24.7 Å². The van der Waals surface area contributed by atoms with E-state index in [-0.39, 0.29) is 0 Å². The van der Waals surface area contributed by atoms with Gasteiger partial charge in [-0.3, -0.25) is 4.68 Å². The Morgan fingerprint density at radius 2 is 2.12 bits per heavy atom. The van der Waals surface area contributed by atoms with Gasteiger partial charge < -0.3 is 5.11 Å². The van der Waals surface area contributed by atoms with E-state index in [4.69, 9.17) is 0 Å². The molecule has 0 unspecified atom stereocenters. The lowest BCUT2D eigenvalue weighted by Gasteiger charge is -2.11. The molecule has 0 spiro atoms. The Balaban J connectivity index is 2.20. The van der Waals surface area contributed by atoms with Gasteiger partial charge in [0.15, 0.2) is 0 Å². The molecule has 2 rings (SSSR count). The Hall–Kier alpha value is -1.69. The van der Waals surface area contributed by atoms with Crippen molar-refractivity contribution in [3.63, 3.8) is 0 Å². The van der Waals surface area contributed by atoms with Crippen molar-refractivity contribution in [2.24, 2.45) is 7.05 Å². The van der Waals surface area contributed by atoms with Crippen LogP contribution < -0.4 is 0 Å². The van der Waals surface area contributed by atoms with Crippen LogP contribution in [0.3, 0.4) is 0 Å². The summed E-state index contributed by atoms with van der Waals surface area (Å²) in [6, 6.07) is 2.01. The number of aromatic nitrogens is 5.